The lowest BCUT2D eigenvalue weighted by molar-refractivity contribution is -0.140. The molecule has 0 amide bonds. The maximum Gasteiger partial charge on any atom is 0.336 e. The van der Waals surface area contributed by atoms with Gasteiger partial charge in [0.1, 0.15) is 6.61 Å². The summed E-state index contributed by atoms with van der Waals surface area (Å²) >= 11 is 1.65. The summed E-state index contributed by atoms with van der Waals surface area (Å²) in [6, 6.07) is 8.95. The molecule has 2 aliphatic rings. The number of ether oxygens (including phenoxy) is 3. The van der Waals surface area contributed by atoms with Crippen molar-refractivity contribution in [1.29, 1.82) is 0 Å². The highest BCUT2D eigenvalue weighted by molar-refractivity contribution is 7.10. The van der Waals surface area contributed by atoms with E-state index < -0.39 is 11.9 Å². The maximum absolute atomic E-state index is 13.5. The lowest BCUT2D eigenvalue weighted by atomic mass is 9.72. The van der Waals surface area contributed by atoms with Gasteiger partial charge in [-0.15, -0.1) is 11.3 Å². The number of nitrogens with one attached hydrogen (secondary N) is 1. The van der Waals surface area contributed by atoms with Crippen molar-refractivity contribution in [2.45, 2.75) is 31.6 Å². The molecule has 0 unspecified atom stereocenters. The largest absolute Gasteiger partial charge is 0.504 e. The highest BCUT2D eigenvalue weighted by Gasteiger charge is 2.41. The lowest BCUT2D eigenvalue weighted by Gasteiger charge is -2.36. The minimum absolute atomic E-state index is 0.00566. The Labute approximate surface area is 196 Å². The van der Waals surface area contributed by atoms with Gasteiger partial charge in [0.05, 0.1) is 19.3 Å². The van der Waals surface area contributed by atoms with Crippen LogP contribution in [0.1, 0.15) is 42.0 Å². The van der Waals surface area contributed by atoms with Crippen molar-refractivity contribution in [2.24, 2.45) is 0 Å². The van der Waals surface area contributed by atoms with Crippen molar-refractivity contribution in [1.82, 2.24) is 5.32 Å². The van der Waals surface area contributed by atoms with Gasteiger partial charge in [0.2, 0.25) is 0 Å². The molecular weight excluding hydrogens is 442 g/mol. The number of dihydropyridines is 1. The molecule has 2 atom stereocenters. The molecule has 33 heavy (non-hydrogen) atoms. The third-order valence-electron chi connectivity index (χ3n) is 6.05. The fourth-order valence-electron chi connectivity index (χ4n) is 4.54. The van der Waals surface area contributed by atoms with Crippen molar-refractivity contribution in [3.05, 3.63) is 68.7 Å². The number of carbonyl (C=O) groups excluding carboxylic acids is 2. The van der Waals surface area contributed by atoms with Crippen LogP contribution in [0.3, 0.4) is 0 Å². The van der Waals surface area contributed by atoms with Crippen LogP contribution >= 0.6 is 11.3 Å². The van der Waals surface area contributed by atoms with Gasteiger partial charge in [-0.25, -0.2) is 4.79 Å². The van der Waals surface area contributed by atoms with Crippen LogP contribution in [0.4, 0.5) is 0 Å². The third-order valence-corrected chi connectivity index (χ3v) is 7.09. The first-order valence-corrected chi connectivity index (χ1v) is 11.6. The second kappa shape index (κ2) is 9.80. The van der Waals surface area contributed by atoms with E-state index in [0.717, 1.165) is 5.70 Å². The van der Waals surface area contributed by atoms with E-state index in [1.165, 1.54) is 25.2 Å². The molecule has 1 aliphatic carbocycles. The SMILES string of the molecule is COCCOC(=O)C1=C(C)NC2=C(C(=O)C[C@@H](c3cccs3)C2)[C@@H]1c1ccc(O)c(OC)c1. The van der Waals surface area contributed by atoms with Crippen LogP contribution in [-0.2, 0) is 19.1 Å². The minimum atomic E-state index is -0.623. The number of carbonyl (C=O) groups is 2. The number of aromatic hydroxyl groups is 1. The average molecular weight is 470 g/mol. The van der Waals surface area contributed by atoms with Crippen LogP contribution in [-0.4, -0.2) is 44.3 Å². The molecule has 8 heteroatoms. The molecule has 0 radical (unpaired) electrons. The quantitative estimate of drug-likeness (QED) is 0.467. The number of methoxy groups -OCH3 is 2. The van der Waals surface area contributed by atoms with E-state index in [-0.39, 0.29) is 36.4 Å². The van der Waals surface area contributed by atoms with E-state index in [2.05, 4.69) is 11.4 Å². The summed E-state index contributed by atoms with van der Waals surface area (Å²) in [5.41, 5.74) is 3.10. The zero-order valence-electron chi connectivity index (χ0n) is 18.8. The van der Waals surface area contributed by atoms with Gasteiger partial charge in [-0.1, -0.05) is 12.1 Å². The number of benzene rings is 1. The summed E-state index contributed by atoms with van der Waals surface area (Å²) < 4.78 is 15.7. The number of ketones is 1. The van der Waals surface area contributed by atoms with E-state index in [0.29, 0.717) is 35.2 Å². The number of rotatable bonds is 7. The highest BCUT2D eigenvalue weighted by atomic mass is 32.1. The molecule has 0 saturated heterocycles. The molecule has 1 aromatic carbocycles. The summed E-state index contributed by atoms with van der Waals surface area (Å²) in [5, 5.41) is 15.4. The molecule has 0 saturated carbocycles. The first kappa shape index (κ1) is 23.1. The zero-order valence-corrected chi connectivity index (χ0v) is 19.7. The number of esters is 1. The summed E-state index contributed by atoms with van der Waals surface area (Å²) in [7, 11) is 3.00. The monoisotopic (exact) mass is 469 g/mol. The number of phenols is 1. The second-order valence-electron chi connectivity index (χ2n) is 8.09. The Balaban J connectivity index is 1.79. The Kier molecular flexibility index (Phi) is 6.85. The van der Waals surface area contributed by atoms with Gasteiger partial charge in [0, 0.05) is 47.2 Å². The molecule has 4 rings (SSSR count). The van der Waals surface area contributed by atoms with E-state index in [1.54, 1.807) is 23.5 Å². The Morgan fingerprint density at radius 2 is 2.03 bits per heavy atom. The molecular formula is C25H27NO6S. The van der Waals surface area contributed by atoms with Crippen LogP contribution in [0, 0.1) is 0 Å². The zero-order chi connectivity index (χ0) is 23.5. The van der Waals surface area contributed by atoms with Crippen LogP contribution < -0.4 is 10.1 Å². The van der Waals surface area contributed by atoms with Gasteiger partial charge in [-0.05, 0) is 42.5 Å². The van der Waals surface area contributed by atoms with Crippen molar-refractivity contribution in [3.63, 3.8) is 0 Å². The first-order chi connectivity index (χ1) is 15.9. The molecule has 0 spiro atoms. The van der Waals surface area contributed by atoms with Gasteiger partial charge in [0.25, 0.3) is 0 Å². The molecule has 1 aliphatic heterocycles. The first-order valence-electron chi connectivity index (χ1n) is 10.7. The van der Waals surface area contributed by atoms with Crippen molar-refractivity contribution < 1.29 is 28.9 Å². The van der Waals surface area contributed by atoms with Crippen LogP contribution in [0.15, 0.2) is 58.3 Å². The average Bonchev–Trinajstić information content (AvgIpc) is 3.33. The molecule has 2 aromatic rings. The van der Waals surface area contributed by atoms with Gasteiger partial charge in [-0.2, -0.15) is 0 Å². The maximum atomic E-state index is 13.5. The fraction of sp³-hybridized carbons (Fsp3) is 0.360. The standard InChI is InChI=1S/C25H27NO6S/c1-14-22(25(29)32-9-8-30-2)23(15-6-7-18(27)20(13-15)31-3)24-17(26-14)11-16(12-19(24)28)21-5-4-10-33-21/h4-7,10,13,16,23,26-27H,8-9,11-12H2,1-3H3/t16-,23+/m0/s1. The van der Waals surface area contributed by atoms with Gasteiger partial charge in [-0.3, -0.25) is 4.79 Å². The van der Waals surface area contributed by atoms with Crippen molar-refractivity contribution in [2.75, 3.05) is 27.4 Å². The number of Topliss-reactive ketones (excluding diaryl/α,β-unsaturated/α-hetero) is 1. The number of phenolic OH excluding ortho intramolecular Hbond substituents is 1. The molecule has 0 bridgehead atoms. The molecule has 2 N–H and O–H groups in total. The van der Waals surface area contributed by atoms with E-state index in [9.17, 15) is 14.7 Å². The summed E-state index contributed by atoms with van der Waals surface area (Å²) in [6.07, 6.45) is 1.05. The Bertz CT molecular complexity index is 1120. The van der Waals surface area contributed by atoms with Crippen LogP contribution in [0.5, 0.6) is 11.5 Å². The number of hydrogen-bond donors (Lipinski definition) is 2. The summed E-state index contributed by atoms with van der Waals surface area (Å²) in [5.74, 6) is -0.772. The minimum Gasteiger partial charge on any atom is -0.504 e. The van der Waals surface area contributed by atoms with Gasteiger partial charge >= 0.3 is 5.97 Å². The number of allylic oxidation sites excluding steroid dienone is 3. The molecule has 1 aromatic heterocycles. The predicted octanol–water partition coefficient (Wildman–Crippen LogP) is 4.01. The smallest absolute Gasteiger partial charge is 0.336 e. The van der Waals surface area contributed by atoms with Crippen molar-refractivity contribution >= 4 is 23.1 Å². The fourth-order valence-corrected chi connectivity index (χ4v) is 5.37. The molecule has 174 valence electrons. The predicted molar refractivity (Wildman–Crippen MR) is 124 cm³/mol. The van der Waals surface area contributed by atoms with Crippen LogP contribution in [0.25, 0.3) is 0 Å². The topological polar surface area (TPSA) is 94.1 Å². The van der Waals surface area contributed by atoms with Crippen LogP contribution in [0.2, 0.25) is 0 Å². The van der Waals surface area contributed by atoms with E-state index in [1.807, 2.05) is 18.4 Å². The Morgan fingerprint density at radius 3 is 2.73 bits per heavy atom. The number of hydrogen-bond acceptors (Lipinski definition) is 8. The Morgan fingerprint density at radius 1 is 1.21 bits per heavy atom. The van der Waals surface area contributed by atoms with E-state index >= 15 is 0 Å². The summed E-state index contributed by atoms with van der Waals surface area (Å²) in [4.78, 5) is 27.8. The Hall–Kier alpha value is -3.10. The highest BCUT2D eigenvalue weighted by Crippen LogP contribution is 2.47. The number of thiophene rings is 1. The second-order valence-corrected chi connectivity index (χ2v) is 9.07. The molecule has 7 nitrogen and oxygen atoms in total. The third kappa shape index (κ3) is 4.54. The lowest BCUT2D eigenvalue weighted by Crippen LogP contribution is -2.36. The van der Waals surface area contributed by atoms with Crippen molar-refractivity contribution in [3.8, 4) is 11.5 Å². The normalized spacial score (nSPS) is 20.4. The summed E-state index contributed by atoms with van der Waals surface area (Å²) in [6.45, 7) is 2.21. The molecule has 2 heterocycles. The van der Waals surface area contributed by atoms with Gasteiger partial charge < -0.3 is 24.6 Å². The van der Waals surface area contributed by atoms with E-state index in [4.69, 9.17) is 14.2 Å². The molecule has 0 fully saturated rings. The van der Waals surface area contributed by atoms with Gasteiger partial charge in [0.15, 0.2) is 17.3 Å².